The lowest BCUT2D eigenvalue weighted by molar-refractivity contribution is -0.142. The van der Waals surface area contributed by atoms with Crippen molar-refractivity contribution < 1.29 is 19.8 Å². The van der Waals surface area contributed by atoms with E-state index in [2.05, 4.69) is 21.3 Å². The molecule has 8 nitrogen and oxygen atoms in total. The number of carboxylic acids is 2. The highest BCUT2D eigenvalue weighted by Crippen LogP contribution is 2.22. The number of hydrogen-bond donors (Lipinski definition) is 6. The Balaban J connectivity index is 2.42. The second-order valence-electron chi connectivity index (χ2n) is 7.10. The molecular weight excluding hydrogens is 336 g/mol. The zero-order chi connectivity index (χ0) is 19.4. The molecule has 1 aliphatic rings. The van der Waals surface area contributed by atoms with Crippen LogP contribution in [-0.2, 0) is 9.59 Å². The highest BCUT2D eigenvalue weighted by Gasteiger charge is 2.36. The maximum Gasteiger partial charge on any atom is 0.320 e. The number of carboxylic acid groups (broad SMARTS) is 2. The van der Waals surface area contributed by atoms with Crippen LogP contribution in [0.25, 0.3) is 0 Å². The summed E-state index contributed by atoms with van der Waals surface area (Å²) in [7, 11) is 3.77. The average molecular weight is 373 g/mol. The first-order valence-electron chi connectivity index (χ1n) is 9.76. The third kappa shape index (κ3) is 8.44. The van der Waals surface area contributed by atoms with Crippen LogP contribution in [-0.4, -0.2) is 73.5 Å². The third-order valence-corrected chi connectivity index (χ3v) is 5.04. The van der Waals surface area contributed by atoms with Crippen LogP contribution in [0.5, 0.6) is 0 Å². The molecule has 4 atom stereocenters. The van der Waals surface area contributed by atoms with Crippen molar-refractivity contribution in [2.24, 2.45) is 0 Å². The topological polar surface area (TPSA) is 123 Å². The van der Waals surface area contributed by atoms with Gasteiger partial charge in [-0.05, 0) is 65.7 Å². The summed E-state index contributed by atoms with van der Waals surface area (Å²) in [5, 5.41) is 31.4. The predicted octanol–water partition coefficient (Wildman–Crippen LogP) is 0.382. The molecule has 0 aliphatic heterocycles. The molecule has 152 valence electrons. The van der Waals surface area contributed by atoms with Crippen LogP contribution in [0.1, 0.15) is 51.4 Å². The Kier molecular flexibility index (Phi) is 11.4. The SMILES string of the molecule is CNCCCCC(NC1CCC1NC(CCCCNC)C(=O)O)C(=O)O. The van der Waals surface area contributed by atoms with E-state index in [0.29, 0.717) is 12.8 Å². The summed E-state index contributed by atoms with van der Waals surface area (Å²) in [6, 6.07) is -1.08. The predicted molar refractivity (Wildman–Crippen MR) is 101 cm³/mol. The monoisotopic (exact) mass is 372 g/mol. The molecule has 0 amide bonds. The Labute approximate surface area is 156 Å². The van der Waals surface area contributed by atoms with E-state index in [9.17, 15) is 19.8 Å². The van der Waals surface area contributed by atoms with Gasteiger partial charge in [0, 0.05) is 12.1 Å². The highest BCUT2D eigenvalue weighted by atomic mass is 16.4. The van der Waals surface area contributed by atoms with Gasteiger partial charge < -0.3 is 31.5 Å². The summed E-state index contributed by atoms with van der Waals surface area (Å²) in [5.74, 6) is -1.66. The van der Waals surface area contributed by atoms with Crippen molar-refractivity contribution in [1.82, 2.24) is 21.3 Å². The first kappa shape index (κ1) is 22.8. The average Bonchev–Trinajstić information content (AvgIpc) is 2.58. The van der Waals surface area contributed by atoms with Crippen molar-refractivity contribution in [3.8, 4) is 0 Å². The van der Waals surface area contributed by atoms with E-state index in [1.807, 2.05) is 14.1 Å². The summed E-state index contributed by atoms with van der Waals surface area (Å²) >= 11 is 0. The Morgan fingerprint density at radius 3 is 1.46 bits per heavy atom. The fourth-order valence-electron chi connectivity index (χ4n) is 3.27. The number of aliphatic carboxylic acids is 2. The maximum absolute atomic E-state index is 11.5. The molecule has 1 aliphatic carbocycles. The minimum absolute atomic E-state index is 0.0274. The fraction of sp³-hybridized carbons (Fsp3) is 0.889. The molecule has 1 fully saturated rings. The second-order valence-corrected chi connectivity index (χ2v) is 7.10. The number of nitrogens with one attached hydrogen (secondary N) is 4. The summed E-state index contributed by atoms with van der Waals surface area (Å²) in [6.07, 6.45) is 6.52. The number of hydrogen-bond acceptors (Lipinski definition) is 6. The molecule has 1 rings (SSSR count). The second kappa shape index (κ2) is 13.0. The maximum atomic E-state index is 11.5. The summed E-state index contributed by atoms with van der Waals surface area (Å²) in [4.78, 5) is 23.0. The zero-order valence-electron chi connectivity index (χ0n) is 16.1. The molecular formula is C18H36N4O4. The first-order chi connectivity index (χ1) is 12.5. The van der Waals surface area contributed by atoms with E-state index in [1.54, 1.807) is 0 Å². The molecule has 0 radical (unpaired) electrons. The Bertz CT molecular complexity index is 384. The van der Waals surface area contributed by atoms with Gasteiger partial charge in [-0.3, -0.25) is 9.59 Å². The van der Waals surface area contributed by atoms with E-state index >= 15 is 0 Å². The van der Waals surface area contributed by atoms with Crippen molar-refractivity contribution in [3.05, 3.63) is 0 Å². The first-order valence-corrected chi connectivity index (χ1v) is 9.76. The van der Waals surface area contributed by atoms with Gasteiger partial charge in [0.25, 0.3) is 0 Å². The normalized spacial score (nSPS) is 21.8. The van der Waals surface area contributed by atoms with Gasteiger partial charge in [-0.15, -0.1) is 0 Å². The summed E-state index contributed by atoms with van der Waals surface area (Å²) < 4.78 is 0. The summed E-state index contributed by atoms with van der Waals surface area (Å²) in [6.45, 7) is 1.77. The molecule has 4 unspecified atom stereocenters. The van der Waals surface area contributed by atoms with E-state index in [1.165, 1.54) is 0 Å². The highest BCUT2D eigenvalue weighted by molar-refractivity contribution is 5.74. The van der Waals surface area contributed by atoms with Crippen molar-refractivity contribution in [2.75, 3.05) is 27.2 Å². The molecule has 6 N–H and O–H groups in total. The Morgan fingerprint density at radius 1 is 0.808 bits per heavy atom. The minimum atomic E-state index is -0.832. The molecule has 0 bridgehead atoms. The van der Waals surface area contributed by atoms with E-state index in [-0.39, 0.29) is 12.1 Å². The number of unbranched alkanes of at least 4 members (excludes halogenated alkanes) is 2. The molecule has 1 saturated carbocycles. The standard InChI is InChI=1S/C18H36N4O4/c1-19-11-5-3-7-15(17(23)24)21-13-9-10-14(13)22-16(18(25)26)8-4-6-12-20-2/h13-16,19-22H,3-12H2,1-2H3,(H,23,24)(H,25,26). The van der Waals surface area contributed by atoms with Crippen LogP contribution >= 0.6 is 0 Å². The third-order valence-electron chi connectivity index (χ3n) is 5.04. The van der Waals surface area contributed by atoms with Crippen LogP contribution in [0, 0.1) is 0 Å². The quantitative estimate of drug-likeness (QED) is 0.215. The van der Waals surface area contributed by atoms with E-state index in [0.717, 1.165) is 51.6 Å². The Hall–Kier alpha value is -1.22. The van der Waals surface area contributed by atoms with E-state index < -0.39 is 24.0 Å². The molecule has 26 heavy (non-hydrogen) atoms. The minimum Gasteiger partial charge on any atom is -0.480 e. The lowest BCUT2D eigenvalue weighted by Gasteiger charge is -2.41. The molecule has 0 saturated heterocycles. The largest absolute Gasteiger partial charge is 0.480 e. The van der Waals surface area contributed by atoms with Crippen LogP contribution < -0.4 is 21.3 Å². The van der Waals surface area contributed by atoms with Crippen LogP contribution in [0.15, 0.2) is 0 Å². The van der Waals surface area contributed by atoms with Crippen molar-refractivity contribution in [1.29, 1.82) is 0 Å². The van der Waals surface area contributed by atoms with Crippen molar-refractivity contribution >= 4 is 11.9 Å². The van der Waals surface area contributed by atoms with Gasteiger partial charge >= 0.3 is 11.9 Å². The molecule has 0 aromatic heterocycles. The Morgan fingerprint density at radius 2 is 1.19 bits per heavy atom. The number of rotatable bonds is 16. The van der Waals surface area contributed by atoms with Crippen molar-refractivity contribution in [3.63, 3.8) is 0 Å². The van der Waals surface area contributed by atoms with Gasteiger partial charge in [0.05, 0.1) is 0 Å². The molecule has 0 spiro atoms. The lowest BCUT2D eigenvalue weighted by Crippen LogP contribution is -2.61. The van der Waals surface area contributed by atoms with Gasteiger partial charge in [0.2, 0.25) is 0 Å². The molecule has 0 heterocycles. The fourth-order valence-corrected chi connectivity index (χ4v) is 3.27. The van der Waals surface area contributed by atoms with Gasteiger partial charge in [-0.2, -0.15) is 0 Å². The van der Waals surface area contributed by atoms with Crippen LogP contribution in [0.3, 0.4) is 0 Å². The van der Waals surface area contributed by atoms with Gasteiger partial charge in [0.15, 0.2) is 0 Å². The molecule has 8 heteroatoms. The molecule has 0 aromatic rings. The molecule has 0 aromatic carbocycles. The van der Waals surface area contributed by atoms with Gasteiger partial charge in [-0.25, -0.2) is 0 Å². The van der Waals surface area contributed by atoms with Gasteiger partial charge in [0.1, 0.15) is 12.1 Å². The lowest BCUT2D eigenvalue weighted by atomic mass is 9.84. The van der Waals surface area contributed by atoms with Crippen LogP contribution in [0.2, 0.25) is 0 Å². The van der Waals surface area contributed by atoms with Gasteiger partial charge in [-0.1, -0.05) is 12.8 Å². The van der Waals surface area contributed by atoms with E-state index in [4.69, 9.17) is 0 Å². The zero-order valence-corrected chi connectivity index (χ0v) is 16.1. The smallest absolute Gasteiger partial charge is 0.320 e. The summed E-state index contributed by atoms with van der Waals surface area (Å²) in [5.41, 5.74) is 0. The number of carbonyl (C=O) groups is 2. The van der Waals surface area contributed by atoms with Crippen molar-refractivity contribution in [2.45, 2.75) is 75.5 Å². The van der Waals surface area contributed by atoms with Crippen LogP contribution in [0.4, 0.5) is 0 Å².